The summed E-state index contributed by atoms with van der Waals surface area (Å²) in [5.41, 5.74) is 11.6. The molecular formula is C15H21N5O. The largest absolute Gasteiger partial charge is 0.382 e. The van der Waals surface area contributed by atoms with Crippen LogP contribution in [-0.4, -0.2) is 15.7 Å². The van der Waals surface area contributed by atoms with E-state index in [0.717, 1.165) is 19.3 Å². The fourth-order valence-electron chi connectivity index (χ4n) is 4.15. The molecule has 6 heteroatoms. The van der Waals surface area contributed by atoms with Crippen LogP contribution in [-0.2, 0) is 0 Å². The summed E-state index contributed by atoms with van der Waals surface area (Å²) >= 11 is 0. The van der Waals surface area contributed by atoms with Crippen LogP contribution < -0.4 is 11.5 Å². The zero-order valence-corrected chi connectivity index (χ0v) is 12.1. The van der Waals surface area contributed by atoms with Gasteiger partial charge in [-0.15, -0.1) is 0 Å². The van der Waals surface area contributed by atoms with Gasteiger partial charge in [0.15, 0.2) is 5.82 Å². The van der Waals surface area contributed by atoms with E-state index in [1.807, 2.05) is 0 Å². The number of nitrogen functional groups attached to an aromatic ring is 1. The average Bonchev–Trinajstić information content (AvgIpc) is 3.06. The molecular weight excluding hydrogens is 266 g/mol. The minimum absolute atomic E-state index is 0.00313. The number of hydrogen-bond acceptors (Lipinski definition) is 4. The maximum Gasteiger partial charge on any atom is 0.254 e. The molecule has 0 bridgehead atoms. The second-order valence-corrected chi connectivity index (χ2v) is 6.53. The molecule has 2 atom stereocenters. The smallest absolute Gasteiger partial charge is 0.254 e. The fourth-order valence-corrected chi connectivity index (χ4v) is 4.15. The lowest BCUT2D eigenvalue weighted by Crippen LogP contribution is -2.33. The van der Waals surface area contributed by atoms with Gasteiger partial charge in [0.05, 0.1) is 18.0 Å². The molecule has 1 aromatic heterocycles. The molecule has 1 amide bonds. The predicted molar refractivity (Wildman–Crippen MR) is 78.0 cm³/mol. The third kappa shape index (κ3) is 2.37. The Hall–Kier alpha value is -2.03. The van der Waals surface area contributed by atoms with E-state index < -0.39 is 5.91 Å². The highest BCUT2D eigenvalue weighted by Gasteiger charge is 2.43. The van der Waals surface area contributed by atoms with Gasteiger partial charge in [-0.2, -0.15) is 10.4 Å². The first-order chi connectivity index (χ1) is 10.0. The van der Waals surface area contributed by atoms with Crippen LogP contribution in [0.15, 0.2) is 6.20 Å². The number of nitrogens with zero attached hydrogens (tertiary/aromatic N) is 3. The Morgan fingerprint density at radius 1 is 1.43 bits per heavy atom. The lowest BCUT2D eigenvalue weighted by atomic mass is 9.67. The van der Waals surface area contributed by atoms with E-state index in [4.69, 9.17) is 11.5 Å². The van der Waals surface area contributed by atoms with Crippen molar-refractivity contribution in [3.63, 3.8) is 0 Å². The molecule has 112 valence electrons. The van der Waals surface area contributed by atoms with E-state index in [1.54, 1.807) is 10.9 Å². The third-order valence-electron chi connectivity index (χ3n) is 5.28. The third-order valence-corrected chi connectivity index (χ3v) is 5.28. The minimum Gasteiger partial charge on any atom is -0.382 e. The molecule has 2 fully saturated rings. The molecule has 0 aliphatic heterocycles. The monoisotopic (exact) mass is 287 g/mol. The molecule has 0 aromatic carbocycles. The van der Waals surface area contributed by atoms with Crippen LogP contribution in [0.4, 0.5) is 5.82 Å². The summed E-state index contributed by atoms with van der Waals surface area (Å²) in [6.45, 7) is 0. The first kappa shape index (κ1) is 13.9. The van der Waals surface area contributed by atoms with E-state index in [9.17, 15) is 10.1 Å². The summed E-state index contributed by atoms with van der Waals surface area (Å²) in [6, 6.07) is 2.44. The second kappa shape index (κ2) is 5.06. The standard InChI is InChI=1S/C15H21N5O/c16-8-10-7-15(4-1-2-5-15)6-3-12(10)20-9-11(14(18)21)13(17)19-20/h9-10,12H,1-7H2,(H2,17,19)(H2,18,21)/t10-,12-/m1/s1. The molecule has 1 heterocycles. The number of nitrogens with two attached hydrogens (primary N) is 2. The van der Waals surface area contributed by atoms with E-state index in [1.165, 1.54) is 25.7 Å². The Bertz CT molecular complexity index is 594. The van der Waals surface area contributed by atoms with E-state index in [0.29, 0.717) is 5.41 Å². The zero-order valence-electron chi connectivity index (χ0n) is 12.1. The summed E-state index contributed by atoms with van der Waals surface area (Å²) < 4.78 is 1.69. The second-order valence-electron chi connectivity index (χ2n) is 6.53. The predicted octanol–water partition coefficient (Wildman–Crippen LogP) is 1.99. The van der Waals surface area contributed by atoms with Gasteiger partial charge >= 0.3 is 0 Å². The number of nitriles is 1. The molecule has 3 rings (SSSR count). The summed E-state index contributed by atoms with van der Waals surface area (Å²) in [4.78, 5) is 11.3. The van der Waals surface area contributed by atoms with Crippen molar-refractivity contribution in [2.45, 2.75) is 51.0 Å². The average molecular weight is 287 g/mol. The van der Waals surface area contributed by atoms with Gasteiger partial charge in [0.2, 0.25) is 0 Å². The fraction of sp³-hybridized carbons (Fsp3) is 0.667. The molecule has 6 nitrogen and oxygen atoms in total. The van der Waals surface area contributed by atoms with Crippen LogP contribution in [0, 0.1) is 22.7 Å². The Morgan fingerprint density at radius 2 is 2.14 bits per heavy atom. The molecule has 1 aromatic rings. The molecule has 2 saturated carbocycles. The van der Waals surface area contributed by atoms with Crippen molar-refractivity contribution in [3.8, 4) is 6.07 Å². The highest BCUT2D eigenvalue weighted by atomic mass is 16.1. The van der Waals surface area contributed by atoms with E-state index >= 15 is 0 Å². The van der Waals surface area contributed by atoms with Crippen molar-refractivity contribution in [2.24, 2.45) is 17.1 Å². The van der Waals surface area contributed by atoms with Gasteiger partial charge in [0.25, 0.3) is 5.91 Å². The maximum atomic E-state index is 11.3. The molecule has 2 aliphatic carbocycles. The summed E-state index contributed by atoms with van der Waals surface area (Å²) in [5.74, 6) is -0.493. The van der Waals surface area contributed by atoms with Crippen molar-refractivity contribution >= 4 is 11.7 Å². The Kier molecular flexibility index (Phi) is 3.36. The zero-order chi connectivity index (χ0) is 15.0. The van der Waals surface area contributed by atoms with Gasteiger partial charge in [0, 0.05) is 6.20 Å². The first-order valence-corrected chi connectivity index (χ1v) is 7.59. The van der Waals surface area contributed by atoms with Crippen LogP contribution in [0.5, 0.6) is 0 Å². The number of anilines is 1. The number of aromatic nitrogens is 2. The number of rotatable bonds is 2. The molecule has 2 aliphatic rings. The van der Waals surface area contributed by atoms with Crippen LogP contribution in [0.3, 0.4) is 0 Å². The summed E-state index contributed by atoms with van der Waals surface area (Å²) in [7, 11) is 0. The number of hydrogen-bond donors (Lipinski definition) is 2. The van der Waals surface area contributed by atoms with Crippen molar-refractivity contribution in [1.29, 1.82) is 5.26 Å². The lowest BCUT2D eigenvalue weighted by Gasteiger charge is -2.40. The molecule has 4 N–H and O–H groups in total. The topological polar surface area (TPSA) is 111 Å². The number of carbonyl (C=O) groups excluding carboxylic acids is 1. The summed E-state index contributed by atoms with van der Waals surface area (Å²) in [6.07, 6.45) is 9.61. The van der Waals surface area contributed by atoms with Crippen LogP contribution in [0.2, 0.25) is 0 Å². The minimum atomic E-state index is -0.574. The van der Waals surface area contributed by atoms with Gasteiger partial charge in [0.1, 0.15) is 5.56 Å². The van der Waals surface area contributed by atoms with Crippen molar-refractivity contribution in [1.82, 2.24) is 9.78 Å². The highest BCUT2D eigenvalue weighted by molar-refractivity contribution is 5.96. The molecule has 0 saturated heterocycles. The van der Waals surface area contributed by atoms with Gasteiger partial charge in [-0.1, -0.05) is 12.8 Å². The van der Waals surface area contributed by atoms with Crippen molar-refractivity contribution in [3.05, 3.63) is 11.8 Å². The lowest BCUT2D eigenvalue weighted by molar-refractivity contribution is 0.0999. The van der Waals surface area contributed by atoms with Gasteiger partial charge in [-0.25, -0.2) is 0 Å². The Morgan fingerprint density at radius 3 is 2.71 bits per heavy atom. The van der Waals surface area contributed by atoms with Crippen molar-refractivity contribution < 1.29 is 4.79 Å². The normalized spacial score (nSPS) is 27.6. The number of primary amides is 1. The number of amides is 1. The van der Waals surface area contributed by atoms with E-state index in [2.05, 4.69) is 11.2 Å². The quantitative estimate of drug-likeness (QED) is 0.866. The molecule has 1 spiro atoms. The Labute approximate surface area is 124 Å². The van der Waals surface area contributed by atoms with Gasteiger partial charge in [-0.3, -0.25) is 9.48 Å². The highest BCUT2D eigenvalue weighted by Crippen LogP contribution is 2.53. The van der Waals surface area contributed by atoms with Crippen molar-refractivity contribution in [2.75, 3.05) is 5.73 Å². The van der Waals surface area contributed by atoms with Gasteiger partial charge < -0.3 is 11.5 Å². The van der Waals surface area contributed by atoms with Crippen LogP contribution >= 0.6 is 0 Å². The first-order valence-electron chi connectivity index (χ1n) is 7.59. The van der Waals surface area contributed by atoms with Gasteiger partial charge in [-0.05, 0) is 37.5 Å². The summed E-state index contributed by atoms with van der Waals surface area (Å²) in [5, 5.41) is 13.7. The molecule has 0 unspecified atom stereocenters. The van der Waals surface area contributed by atoms with Crippen LogP contribution in [0.25, 0.3) is 0 Å². The van der Waals surface area contributed by atoms with E-state index in [-0.39, 0.29) is 23.3 Å². The van der Waals surface area contributed by atoms with Crippen LogP contribution in [0.1, 0.15) is 61.3 Å². The molecule has 0 radical (unpaired) electrons. The molecule has 21 heavy (non-hydrogen) atoms. The number of carbonyl (C=O) groups is 1. The Balaban J connectivity index is 1.84. The maximum absolute atomic E-state index is 11.3. The SMILES string of the molecule is N#C[C@H]1CC2(CCCC2)CC[C@H]1n1cc(C(N)=O)c(N)n1.